The van der Waals surface area contributed by atoms with Crippen molar-refractivity contribution in [1.82, 2.24) is 19.5 Å². The lowest BCUT2D eigenvalue weighted by molar-refractivity contribution is 0.758. The number of aryl methyl sites for hydroxylation is 1. The van der Waals surface area contributed by atoms with Crippen molar-refractivity contribution in [2.45, 2.75) is 46.6 Å². The van der Waals surface area contributed by atoms with Gasteiger partial charge in [0.2, 0.25) is 0 Å². The van der Waals surface area contributed by atoms with Crippen LogP contribution in [-0.2, 0) is 6.54 Å². The summed E-state index contributed by atoms with van der Waals surface area (Å²) < 4.78 is 2.06. The summed E-state index contributed by atoms with van der Waals surface area (Å²) in [6, 6.07) is 2.04. The van der Waals surface area contributed by atoms with E-state index >= 15 is 0 Å². The van der Waals surface area contributed by atoms with Crippen LogP contribution < -0.4 is 5.32 Å². The molecule has 108 valence electrons. The van der Waals surface area contributed by atoms with Gasteiger partial charge in [-0.05, 0) is 19.3 Å². The highest BCUT2D eigenvalue weighted by Crippen LogP contribution is 2.21. The molecule has 2 rings (SSSR count). The van der Waals surface area contributed by atoms with E-state index < -0.39 is 0 Å². The van der Waals surface area contributed by atoms with Crippen molar-refractivity contribution in [2.24, 2.45) is 0 Å². The van der Waals surface area contributed by atoms with Crippen molar-refractivity contribution >= 4 is 5.82 Å². The van der Waals surface area contributed by atoms with Gasteiger partial charge < -0.3 is 9.88 Å². The van der Waals surface area contributed by atoms with Crippen LogP contribution in [0, 0.1) is 0 Å². The number of rotatable bonds is 6. The summed E-state index contributed by atoms with van der Waals surface area (Å²) in [6.07, 6.45) is 4.72. The number of imidazole rings is 1. The summed E-state index contributed by atoms with van der Waals surface area (Å²) in [5.74, 6) is 2.01. The van der Waals surface area contributed by atoms with Crippen LogP contribution in [0.1, 0.15) is 45.7 Å². The molecular weight excluding hydrogens is 250 g/mol. The lowest BCUT2D eigenvalue weighted by atomic mass is 10.1. The highest BCUT2D eigenvalue weighted by molar-refractivity contribution is 5.53. The monoisotopic (exact) mass is 273 g/mol. The zero-order chi connectivity index (χ0) is 14.5. The van der Waals surface area contributed by atoms with Gasteiger partial charge in [-0.2, -0.15) is 0 Å². The predicted octanol–water partition coefficient (Wildman–Crippen LogP) is 3.31. The molecule has 2 heterocycles. The Hall–Kier alpha value is -1.91. The van der Waals surface area contributed by atoms with Gasteiger partial charge in [0.05, 0.1) is 12.5 Å². The van der Waals surface area contributed by atoms with Gasteiger partial charge in [0, 0.05) is 24.8 Å². The van der Waals surface area contributed by atoms with Gasteiger partial charge in [0.1, 0.15) is 11.5 Å². The van der Waals surface area contributed by atoms with E-state index in [0.717, 1.165) is 42.5 Å². The third-order valence-electron chi connectivity index (χ3n) is 3.18. The molecule has 20 heavy (non-hydrogen) atoms. The molecule has 0 saturated carbocycles. The molecule has 0 saturated heterocycles. The fraction of sp³-hybridized carbons (Fsp3) is 0.533. The van der Waals surface area contributed by atoms with Crippen molar-refractivity contribution in [1.29, 1.82) is 0 Å². The molecule has 0 unspecified atom stereocenters. The van der Waals surface area contributed by atoms with E-state index in [2.05, 4.69) is 52.5 Å². The molecule has 0 aliphatic rings. The van der Waals surface area contributed by atoms with Crippen LogP contribution in [0.2, 0.25) is 0 Å². The number of anilines is 1. The lowest BCUT2D eigenvalue weighted by Gasteiger charge is -2.12. The molecule has 0 bridgehead atoms. The standard InChI is InChI=1S/C15H23N5/c1-5-7-17-14-8-12(11(3)4)18-15(19-14)13-9-16-10-20(13)6-2/h8-11H,5-7H2,1-4H3,(H,17,18,19). The molecule has 2 aromatic rings. The number of aromatic nitrogens is 4. The van der Waals surface area contributed by atoms with E-state index in [9.17, 15) is 0 Å². The Morgan fingerprint density at radius 2 is 2.05 bits per heavy atom. The highest BCUT2D eigenvalue weighted by atomic mass is 15.1. The second-order valence-corrected chi connectivity index (χ2v) is 5.15. The van der Waals surface area contributed by atoms with Gasteiger partial charge in [0.15, 0.2) is 5.82 Å². The molecule has 0 amide bonds. The van der Waals surface area contributed by atoms with Crippen LogP contribution in [-0.4, -0.2) is 26.1 Å². The summed E-state index contributed by atoms with van der Waals surface area (Å²) in [5.41, 5.74) is 2.02. The Morgan fingerprint density at radius 1 is 1.25 bits per heavy atom. The Balaban J connectivity index is 2.43. The molecule has 1 N–H and O–H groups in total. The number of nitrogens with zero attached hydrogens (tertiary/aromatic N) is 4. The summed E-state index contributed by atoms with van der Waals surface area (Å²) >= 11 is 0. The molecule has 0 spiro atoms. The minimum absolute atomic E-state index is 0.372. The topological polar surface area (TPSA) is 55.6 Å². The van der Waals surface area contributed by atoms with Gasteiger partial charge in [-0.3, -0.25) is 0 Å². The highest BCUT2D eigenvalue weighted by Gasteiger charge is 2.12. The van der Waals surface area contributed by atoms with Crippen molar-refractivity contribution < 1.29 is 0 Å². The first-order chi connectivity index (χ1) is 9.65. The van der Waals surface area contributed by atoms with Gasteiger partial charge in [-0.1, -0.05) is 20.8 Å². The Labute approximate surface area is 120 Å². The van der Waals surface area contributed by atoms with E-state index in [-0.39, 0.29) is 0 Å². The molecule has 0 aromatic carbocycles. The van der Waals surface area contributed by atoms with Crippen molar-refractivity contribution in [3.63, 3.8) is 0 Å². The summed E-state index contributed by atoms with van der Waals surface area (Å²) in [7, 11) is 0. The maximum Gasteiger partial charge on any atom is 0.180 e. The summed E-state index contributed by atoms with van der Waals surface area (Å²) in [6.45, 7) is 10.3. The number of nitrogens with one attached hydrogen (secondary N) is 1. The normalized spacial score (nSPS) is 11.1. The third-order valence-corrected chi connectivity index (χ3v) is 3.18. The first kappa shape index (κ1) is 14.5. The average Bonchev–Trinajstić information content (AvgIpc) is 2.93. The maximum absolute atomic E-state index is 4.68. The second kappa shape index (κ2) is 6.50. The van der Waals surface area contributed by atoms with Crippen LogP contribution in [0.5, 0.6) is 0 Å². The molecular formula is C15H23N5. The largest absolute Gasteiger partial charge is 0.370 e. The molecule has 2 aromatic heterocycles. The molecule has 0 radical (unpaired) electrons. The van der Waals surface area contributed by atoms with Crippen molar-refractivity contribution in [2.75, 3.05) is 11.9 Å². The van der Waals surface area contributed by atoms with Gasteiger partial charge in [-0.15, -0.1) is 0 Å². The second-order valence-electron chi connectivity index (χ2n) is 5.15. The predicted molar refractivity (Wildman–Crippen MR) is 81.8 cm³/mol. The van der Waals surface area contributed by atoms with Gasteiger partial charge in [-0.25, -0.2) is 15.0 Å². The fourth-order valence-corrected chi connectivity index (χ4v) is 1.98. The van der Waals surface area contributed by atoms with Crippen LogP contribution in [0.15, 0.2) is 18.6 Å². The number of hydrogen-bond donors (Lipinski definition) is 1. The summed E-state index contributed by atoms with van der Waals surface area (Å²) in [4.78, 5) is 13.5. The van der Waals surface area contributed by atoms with E-state index in [1.54, 1.807) is 0 Å². The zero-order valence-electron chi connectivity index (χ0n) is 12.7. The Kier molecular flexibility index (Phi) is 4.71. The van der Waals surface area contributed by atoms with Crippen LogP contribution >= 0.6 is 0 Å². The average molecular weight is 273 g/mol. The third kappa shape index (κ3) is 3.15. The molecule has 0 aliphatic carbocycles. The molecule has 5 nitrogen and oxygen atoms in total. The minimum atomic E-state index is 0.372. The van der Waals surface area contributed by atoms with E-state index in [0.29, 0.717) is 5.92 Å². The van der Waals surface area contributed by atoms with Crippen LogP contribution in [0.4, 0.5) is 5.82 Å². The van der Waals surface area contributed by atoms with Crippen LogP contribution in [0.25, 0.3) is 11.5 Å². The molecule has 5 heteroatoms. The smallest absolute Gasteiger partial charge is 0.180 e. The van der Waals surface area contributed by atoms with E-state index in [1.165, 1.54) is 0 Å². The number of hydrogen-bond acceptors (Lipinski definition) is 4. The first-order valence-corrected chi connectivity index (χ1v) is 7.29. The summed E-state index contributed by atoms with van der Waals surface area (Å²) in [5, 5.41) is 3.35. The SMILES string of the molecule is CCCNc1cc(C(C)C)nc(-c2cncn2CC)n1. The van der Waals surface area contributed by atoms with Crippen molar-refractivity contribution in [3.05, 3.63) is 24.3 Å². The molecule has 0 aliphatic heterocycles. The van der Waals surface area contributed by atoms with Crippen LogP contribution in [0.3, 0.4) is 0 Å². The Morgan fingerprint density at radius 3 is 2.70 bits per heavy atom. The first-order valence-electron chi connectivity index (χ1n) is 7.29. The fourth-order valence-electron chi connectivity index (χ4n) is 1.98. The maximum atomic E-state index is 4.68. The van der Waals surface area contributed by atoms with Gasteiger partial charge >= 0.3 is 0 Å². The molecule has 0 fully saturated rings. The minimum Gasteiger partial charge on any atom is -0.370 e. The quantitative estimate of drug-likeness (QED) is 0.877. The lowest BCUT2D eigenvalue weighted by Crippen LogP contribution is -2.07. The Bertz CT molecular complexity index is 559. The molecule has 0 atom stereocenters. The zero-order valence-corrected chi connectivity index (χ0v) is 12.7. The van der Waals surface area contributed by atoms with E-state index in [4.69, 9.17) is 0 Å². The van der Waals surface area contributed by atoms with E-state index in [1.807, 2.05) is 18.6 Å². The van der Waals surface area contributed by atoms with Crippen molar-refractivity contribution in [3.8, 4) is 11.5 Å². The van der Waals surface area contributed by atoms with Gasteiger partial charge in [0.25, 0.3) is 0 Å².